The summed E-state index contributed by atoms with van der Waals surface area (Å²) in [5, 5.41) is 9.79. The average molecular weight is 349 g/mol. The zero-order valence-electron chi connectivity index (χ0n) is 10.3. The van der Waals surface area contributed by atoms with E-state index >= 15 is 0 Å². The smallest absolute Gasteiger partial charge is 0.260 e. The highest BCUT2D eigenvalue weighted by Crippen LogP contribution is 2.28. The van der Waals surface area contributed by atoms with E-state index in [1.807, 2.05) is 0 Å². The molecule has 1 N–H and O–H groups in total. The Morgan fingerprint density at radius 1 is 1.58 bits per heavy atom. The molecule has 0 aromatic heterocycles. The largest absolute Gasteiger partial charge is 0.483 e. The predicted molar refractivity (Wildman–Crippen MR) is 76.5 cm³/mol. The lowest BCUT2D eigenvalue weighted by Crippen LogP contribution is -2.40. The highest BCUT2D eigenvalue weighted by molar-refractivity contribution is 9.10. The number of rotatable bonds is 4. The lowest BCUT2D eigenvalue weighted by atomic mass is 10.2. The van der Waals surface area contributed by atoms with Gasteiger partial charge in [-0.3, -0.25) is 4.79 Å². The van der Waals surface area contributed by atoms with Crippen molar-refractivity contribution in [2.45, 2.75) is 18.9 Å². The van der Waals surface area contributed by atoms with Crippen molar-refractivity contribution in [3.05, 3.63) is 27.7 Å². The van der Waals surface area contributed by atoms with Crippen molar-refractivity contribution in [1.82, 2.24) is 4.90 Å². The van der Waals surface area contributed by atoms with Crippen molar-refractivity contribution in [2.75, 3.05) is 19.8 Å². The van der Waals surface area contributed by atoms with Crippen LogP contribution in [0.2, 0.25) is 5.02 Å². The number of hydrogen-bond acceptors (Lipinski definition) is 3. The average Bonchev–Trinajstić information content (AvgIpc) is 2.85. The molecule has 4 nitrogen and oxygen atoms in total. The van der Waals surface area contributed by atoms with Crippen molar-refractivity contribution in [3.8, 4) is 5.75 Å². The number of aliphatic hydroxyl groups is 1. The molecule has 1 aliphatic heterocycles. The monoisotopic (exact) mass is 347 g/mol. The van der Waals surface area contributed by atoms with Crippen LogP contribution >= 0.6 is 27.5 Å². The summed E-state index contributed by atoms with van der Waals surface area (Å²) in [5.41, 5.74) is 0. The van der Waals surface area contributed by atoms with Crippen LogP contribution in [0.5, 0.6) is 5.75 Å². The van der Waals surface area contributed by atoms with Crippen molar-refractivity contribution in [1.29, 1.82) is 0 Å². The van der Waals surface area contributed by atoms with E-state index in [1.165, 1.54) is 0 Å². The van der Waals surface area contributed by atoms with Gasteiger partial charge in [0.1, 0.15) is 5.75 Å². The molecule has 0 aliphatic carbocycles. The minimum Gasteiger partial charge on any atom is -0.483 e. The van der Waals surface area contributed by atoms with E-state index in [2.05, 4.69) is 15.9 Å². The van der Waals surface area contributed by atoms with Crippen LogP contribution in [0.4, 0.5) is 0 Å². The molecule has 1 heterocycles. The summed E-state index contributed by atoms with van der Waals surface area (Å²) in [6.45, 7) is 0.669. The molecule has 2 rings (SSSR count). The Morgan fingerprint density at radius 2 is 2.37 bits per heavy atom. The van der Waals surface area contributed by atoms with Gasteiger partial charge in [-0.2, -0.15) is 0 Å². The molecule has 19 heavy (non-hydrogen) atoms. The Kier molecular flexibility index (Phi) is 5.07. The molecular weight excluding hydrogens is 334 g/mol. The first-order chi connectivity index (χ1) is 9.11. The van der Waals surface area contributed by atoms with Gasteiger partial charge in [-0.05, 0) is 47.0 Å². The molecule has 1 aromatic rings. The maximum absolute atomic E-state index is 12.0. The number of likely N-dealkylation sites (tertiary alicyclic amines) is 1. The van der Waals surface area contributed by atoms with Crippen molar-refractivity contribution < 1.29 is 14.6 Å². The van der Waals surface area contributed by atoms with Crippen LogP contribution in [0.1, 0.15) is 12.8 Å². The second kappa shape index (κ2) is 6.59. The molecule has 0 spiro atoms. The lowest BCUT2D eigenvalue weighted by Gasteiger charge is -2.23. The quantitative estimate of drug-likeness (QED) is 0.909. The van der Waals surface area contributed by atoms with Crippen LogP contribution in [-0.4, -0.2) is 41.7 Å². The number of ether oxygens (including phenoxy) is 1. The molecule has 0 unspecified atom stereocenters. The van der Waals surface area contributed by atoms with Crippen LogP contribution in [0.25, 0.3) is 0 Å². The van der Waals surface area contributed by atoms with Gasteiger partial charge >= 0.3 is 0 Å². The molecule has 0 bridgehead atoms. The Labute approximate surface area is 125 Å². The summed E-state index contributed by atoms with van der Waals surface area (Å²) >= 11 is 9.16. The van der Waals surface area contributed by atoms with Crippen LogP contribution in [0.3, 0.4) is 0 Å². The second-order valence-electron chi connectivity index (χ2n) is 4.43. The molecule has 6 heteroatoms. The first-order valence-electron chi connectivity index (χ1n) is 6.10. The topological polar surface area (TPSA) is 49.8 Å². The second-order valence-corrected chi connectivity index (χ2v) is 5.72. The number of hydrogen-bond donors (Lipinski definition) is 1. The number of amides is 1. The first-order valence-corrected chi connectivity index (χ1v) is 7.27. The van der Waals surface area contributed by atoms with Gasteiger partial charge in [0, 0.05) is 11.6 Å². The van der Waals surface area contributed by atoms with Gasteiger partial charge in [-0.25, -0.2) is 0 Å². The molecule has 1 atom stereocenters. The fourth-order valence-corrected chi connectivity index (χ4v) is 2.97. The normalized spacial score (nSPS) is 18.7. The van der Waals surface area contributed by atoms with Crippen molar-refractivity contribution in [2.24, 2.45) is 0 Å². The van der Waals surface area contributed by atoms with Crippen molar-refractivity contribution >= 4 is 33.4 Å². The van der Waals surface area contributed by atoms with Crippen LogP contribution in [-0.2, 0) is 4.79 Å². The predicted octanol–water partition coefficient (Wildman–Crippen LogP) is 2.46. The van der Waals surface area contributed by atoms with Crippen LogP contribution < -0.4 is 4.74 Å². The van der Waals surface area contributed by atoms with E-state index in [0.29, 0.717) is 21.8 Å². The molecule has 1 aliphatic rings. The minimum atomic E-state index is -0.0987. The number of carbonyl (C=O) groups is 1. The van der Waals surface area contributed by atoms with Gasteiger partial charge in [0.25, 0.3) is 5.91 Å². The Hall–Kier alpha value is -0.780. The highest BCUT2D eigenvalue weighted by Gasteiger charge is 2.28. The van der Waals surface area contributed by atoms with Crippen LogP contribution in [0, 0.1) is 0 Å². The van der Waals surface area contributed by atoms with Gasteiger partial charge < -0.3 is 14.7 Å². The maximum Gasteiger partial charge on any atom is 0.260 e. The van der Waals surface area contributed by atoms with E-state index in [9.17, 15) is 9.90 Å². The fourth-order valence-electron chi connectivity index (χ4n) is 2.17. The number of benzene rings is 1. The molecular formula is C13H15BrClNO3. The third kappa shape index (κ3) is 3.61. The van der Waals surface area contributed by atoms with Gasteiger partial charge in [-0.1, -0.05) is 11.6 Å². The number of aliphatic hydroxyl groups excluding tert-OH is 1. The van der Waals surface area contributed by atoms with E-state index < -0.39 is 0 Å². The SMILES string of the molecule is O=C(COc1ccc(Cl)cc1Br)N1CCC[C@@H]1CO. The maximum atomic E-state index is 12.0. The van der Waals surface area contributed by atoms with Gasteiger partial charge in [0.15, 0.2) is 6.61 Å². The summed E-state index contributed by atoms with van der Waals surface area (Å²) < 4.78 is 6.20. The number of nitrogens with zero attached hydrogens (tertiary/aromatic N) is 1. The van der Waals surface area contributed by atoms with Gasteiger partial charge in [0.2, 0.25) is 0 Å². The van der Waals surface area contributed by atoms with E-state index in [0.717, 1.165) is 12.8 Å². The summed E-state index contributed by atoms with van der Waals surface area (Å²) in [4.78, 5) is 13.7. The van der Waals surface area contributed by atoms with E-state index in [-0.39, 0.29) is 25.2 Å². The summed E-state index contributed by atoms with van der Waals surface area (Å²) in [6, 6.07) is 5.07. The minimum absolute atomic E-state index is 0.0103. The zero-order valence-corrected chi connectivity index (χ0v) is 12.7. The first kappa shape index (κ1) is 14.6. The lowest BCUT2D eigenvalue weighted by molar-refractivity contribution is -0.134. The number of carbonyl (C=O) groups excluding carboxylic acids is 1. The van der Waals surface area contributed by atoms with Gasteiger partial charge in [0.05, 0.1) is 17.1 Å². The Morgan fingerprint density at radius 3 is 3.05 bits per heavy atom. The molecule has 1 saturated heterocycles. The molecule has 1 aromatic carbocycles. The number of halogens is 2. The molecule has 1 amide bonds. The summed E-state index contributed by atoms with van der Waals surface area (Å²) in [6.07, 6.45) is 1.79. The Balaban J connectivity index is 1.93. The standard InChI is InChI=1S/C13H15BrClNO3/c14-11-6-9(15)3-4-12(11)19-8-13(18)16-5-1-2-10(16)7-17/h3-4,6,10,17H,1-2,5,7-8H2/t10-/m1/s1. The Bertz CT molecular complexity index is 469. The van der Waals surface area contributed by atoms with E-state index in [4.69, 9.17) is 16.3 Å². The third-order valence-corrected chi connectivity index (χ3v) is 4.01. The molecule has 0 saturated carbocycles. The van der Waals surface area contributed by atoms with Crippen molar-refractivity contribution in [3.63, 3.8) is 0 Å². The molecule has 1 fully saturated rings. The summed E-state index contributed by atoms with van der Waals surface area (Å²) in [7, 11) is 0. The van der Waals surface area contributed by atoms with Gasteiger partial charge in [-0.15, -0.1) is 0 Å². The highest BCUT2D eigenvalue weighted by atomic mass is 79.9. The third-order valence-electron chi connectivity index (χ3n) is 3.15. The van der Waals surface area contributed by atoms with Crippen LogP contribution in [0.15, 0.2) is 22.7 Å². The fraction of sp³-hybridized carbons (Fsp3) is 0.462. The molecule has 104 valence electrons. The molecule has 0 radical (unpaired) electrons. The summed E-state index contributed by atoms with van der Waals surface area (Å²) in [5.74, 6) is 0.482. The van der Waals surface area contributed by atoms with E-state index in [1.54, 1.807) is 23.1 Å². The zero-order chi connectivity index (χ0) is 13.8.